The van der Waals surface area contributed by atoms with Crippen molar-refractivity contribution in [3.63, 3.8) is 0 Å². The summed E-state index contributed by atoms with van der Waals surface area (Å²) in [6.45, 7) is 4.41. The first-order valence-electron chi connectivity index (χ1n) is 11.0. The van der Waals surface area contributed by atoms with Crippen LogP contribution in [-0.4, -0.2) is 32.4 Å². The van der Waals surface area contributed by atoms with E-state index in [9.17, 15) is 5.11 Å². The van der Waals surface area contributed by atoms with Gasteiger partial charge in [-0.2, -0.15) is 4.98 Å². The number of furan rings is 1. The largest absolute Gasteiger partial charge is 0.504 e. The zero-order valence-corrected chi connectivity index (χ0v) is 20.3. The Kier molecular flexibility index (Phi) is 6.00. The van der Waals surface area contributed by atoms with Crippen LogP contribution in [0, 0.1) is 6.92 Å². The quantitative estimate of drug-likeness (QED) is 0.354. The normalized spacial score (nSPS) is 15.9. The monoisotopic (exact) mass is 488 g/mol. The Hall–Kier alpha value is -4.11. The number of hydrogen-bond donors (Lipinski definition) is 2. The molecule has 2 aromatic heterocycles. The van der Waals surface area contributed by atoms with E-state index in [2.05, 4.69) is 10.5 Å². The molecule has 0 radical (unpaired) electrons. The van der Waals surface area contributed by atoms with Gasteiger partial charge in [0.1, 0.15) is 5.76 Å². The number of thiocarbonyl (C=S) groups is 1. The van der Waals surface area contributed by atoms with E-state index in [0.717, 1.165) is 33.7 Å². The Morgan fingerprint density at radius 3 is 2.71 bits per heavy atom. The van der Waals surface area contributed by atoms with Gasteiger partial charge < -0.3 is 29.0 Å². The predicted octanol–water partition coefficient (Wildman–Crippen LogP) is 5.21. The number of allylic oxidation sites excluding steroid dienone is 1. The number of aromatic hydroxyl groups is 1. The van der Waals surface area contributed by atoms with Gasteiger partial charge in [0, 0.05) is 11.3 Å². The smallest absolute Gasteiger partial charge is 0.258 e. The lowest BCUT2D eigenvalue weighted by molar-refractivity contribution is 0.371. The first kappa shape index (κ1) is 22.7. The molecule has 2 aromatic carbocycles. The number of aryl methyl sites for hydroxylation is 1. The van der Waals surface area contributed by atoms with E-state index in [-0.39, 0.29) is 5.75 Å². The van der Waals surface area contributed by atoms with Gasteiger partial charge in [-0.25, -0.2) is 0 Å². The number of phenols is 1. The average Bonchev–Trinajstić information content (AvgIpc) is 3.54. The number of hydrogen-bond acceptors (Lipinski definition) is 7. The zero-order valence-electron chi connectivity index (χ0n) is 19.5. The van der Waals surface area contributed by atoms with E-state index in [1.165, 1.54) is 7.11 Å². The maximum atomic E-state index is 10.4. The van der Waals surface area contributed by atoms with Crippen LogP contribution in [0.4, 0.5) is 0 Å². The molecular formula is C26H24N4O4S. The van der Waals surface area contributed by atoms with Crippen LogP contribution in [0.25, 0.3) is 17.0 Å². The Morgan fingerprint density at radius 2 is 2.00 bits per heavy atom. The molecule has 5 rings (SSSR count). The van der Waals surface area contributed by atoms with Crippen molar-refractivity contribution in [2.45, 2.75) is 26.4 Å². The molecule has 9 heteroatoms. The second-order valence-corrected chi connectivity index (χ2v) is 8.66. The molecule has 178 valence electrons. The number of phenolic OH excluding ortho intramolecular Hbond substituents is 1. The van der Waals surface area contributed by atoms with Crippen LogP contribution in [0.15, 0.2) is 75.5 Å². The summed E-state index contributed by atoms with van der Waals surface area (Å²) < 4.78 is 16.5. The van der Waals surface area contributed by atoms with Crippen LogP contribution in [0.2, 0.25) is 0 Å². The molecule has 1 aliphatic heterocycles. The molecule has 0 saturated heterocycles. The van der Waals surface area contributed by atoms with Gasteiger partial charge in [-0.15, -0.1) is 0 Å². The summed E-state index contributed by atoms with van der Waals surface area (Å²) in [5.41, 5.74) is 4.33. The summed E-state index contributed by atoms with van der Waals surface area (Å²) in [5, 5.41) is 18.6. The minimum absolute atomic E-state index is 0.0266. The number of nitrogens with zero attached hydrogens (tertiary/aromatic N) is 3. The predicted molar refractivity (Wildman–Crippen MR) is 134 cm³/mol. The van der Waals surface area contributed by atoms with Crippen LogP contribution < -0.4 is 10.1 Å². The van der Waals surface area contributed by atoms with E-state index in [0.29, 0.717) is 29.1 Å². The summed E-state index contributed by atoms with van der Waals surface area (Å²) in [7, 11) is 1.51. The van der Waals surface area contributed by atoms with Crippen molar-refractivity contribution in [3.05, 3.63) is 89.3 Å². The number of methoxy groups -OCH3 is 1. The Bertz CT molecular complexity index is 1410. The standard InChI is InChI=1S/C26H24N4O4S/c1-15-6-4-7-18(12-15)24-28-25(34-29-24)22-16(2)30(14-19-8-5-11-33-19)26(35)27-23(22)17-9-10-21(32-3)20(31)13-17/h4-13,23,31H,14H2,1-3H3,(H,27,35). The summed E-state index contributed by atoms with van der Waals surface area (Å²) in [6.07, 6.45) is 1.63. The second-order valence-electron chi connectivity index (χ2n) is 8.27. The molecule has 4 aromatic rings. The molecule has 2 N–H and O–H groups in total. The molecular weight excluding hydrogens is 464 g/mol. The van der Waals surface area contributed by atoms with Crippen LogP contribution in [0.3, 0.4) is 0 Å². The first-order valence-corrected chi connectivity index (χ1v) is 11.4. The van der Waals surface area contributed by atoms with Gasteiger partial charge in [0.05, 0.1) is 31.5 Å². The average molecular weight is 489 g/mol. The van der Waals surface area contributed by atoms with Gasteiger partial charge in [-0.05, 0) is 62.0 Å². The van der Waals surface area contributed by atoms with Gasteiger partial charge in [-0.1, -0.05) is 35.0 Å². The molecule has 0 fully saturated rings. The van der Waals surface area contributed by atoms with Gasteiger partial charge >= 0.3 is 0 Å². The van der Waals surface area contributed by atoms with Gasteiger partial charge in [-0.3, -0.25) is 0 Å². The zero-order chi connectivity index (χ0) is 24.5. The van der Waals surface area contributed by atoms with Crippen LogP contribution >= 0.6 is 12.2 Å². The summed E-state index contributed by atoms with van der Waals surface area (Å²) in [6, 6.07) is 16.4. The third kappa shape index (κ3) is 4.38. The lowest BCUT2D eigenvalue weighted by atomic mass is 9.94. The summed E-state index contributed by atoms with van der Waals surface area (Å²) in [4.78, 5) is 6.66. The van der Waals surface area contributed by atoms with E-state index in [4.69, 9.17) is 30.9 Å². The molecule has 8 nitrogen and oxygen atoms in total. The molecule has 3 heterocycles. The minimum atomic E-state index is -0.432. The van der Waals surface area contributed by atoms with Crippen molar-refractivity contribution in [3.8, 4) is 22.9 Å². The fourth-order valence-corrected chi connectivity index (χ4v) is 4.50. The van der Waals surface area contributed by atoms with Crippen LogP contribution in [0.1, 0.15) is 35.7 Å². The lowest BCUT2D eigenvalue weighted by Gasteiger charge is -2.37. The highest BCUT2D eigenvalue weighted by molar-refractivity contribution is 7.80. The number of ether oxygens (including phenoxy) is 1. The third-order valence-electron chi connectivity index (χ3n) is 5.96. The first-order chi connectivity index (χ1) is 16.9. The van der Waals surface area contributed by atoms with Gasteiger partial charge in [0.2, 0.25) is 5.82 Å². The molecule has 1 unspecified atom stereocenters. The molecule has 0 amide bonds. The van der Waals surface area contributed by atoms with E-state index in [1.54, 1.807) is 18.4 Å². The van der Waals surface area contributed by atoms with Crippen molar-refractivity contribution in [2.75, 3.05) is 7.11 Å². The van der Waals surface area contributed by atoms with Crippen molar-refractivity contribution >= 4 is 22.9 Å². The second kappa shape index (κ2) is 9.27. The highest BCUT2D eigenvalue weighted by atomic mass is 32.1. The SMILES string of the molecule is COc1ccc(C2NC(=S)N(Cc3ccco3)C(C)=C2c2nc(-c3cccc(C)c3)no2)cc1O. The number of nitrogens with one attached hydrogen (secondary N) is 1. The molecule has 35 heavy (non-hydrogen) atoms. The topological polar surface area (TPSA) is 96.8 Å². The maximum Gasteiger partial charge on any atom is 0.258 e. The fraction of sp³-hybridized carbons (Fsp3) is 0.192. The minimum Gasteiger partial charge on any atom is -0.504 e. The molecule has 0 saturated carbocycles. The Balaban J connectivity index is 1.61. The summed E-state index contributed by atoms with van der Waals surface area (Å²) in [5.74, 6) is 2.02. The van der Waals surface area contributed by atoms with Crippen molar-refractivity contribution in [2.24, 2.45) is 0 Å². The molecule has 1 aliphatic rings. The number of benzene rings is 2. The van der Waals surface area contributed by atoms with Crippen molar-refractivity contribution < 1.29 is 18.8 Å². The lowest BCUT2D eigenvalue weighted by Crippen LogP contribution is -2.45. The van der Waals surface area contributed by atoms with Crippen LogP contribution in [0.5, 0.6) is 11.5 Å². The Labute approximate surface area is 207 Å². The van der Waals surface area contributed by atoms with Gasteiger partial charge in [0.15, 0.2) is 16.6 Å². The highest BCUT2D eigenvalue weighted by Gasteiger charge is 2.34. The van der Waals surface area contributed by atoms with Gasteiger partial charge in [0.25, 0.3) is 5.89 Å². The van der Waals surface area contributed by atoms with E-state index in [1.807, 2.05) is 61.2 Å². The third-order valence-corrected chi connectivity index (χ3v) is 6.30. The number of rotatable bonds is 6. The number of aromatic nitrogens is 2. The molecule has 1 atom stereocenters. The van der Waals surface area contributed by atoms with Crippen LogP contribution in [-0.2, 0) is 6.54 Å². The molecule has 0 aliphatic carbocycles. The molecule has 0 spiro atoms. The van der Waals surface area contributed by atoms with E-state index >= 15 is 0 Å². The summed E-state index contributed by atoms with van der Waals surface area (Å²) >= 11 is 5.72. The fourth-order valence-electron chi connectivity index (χ4n) is 4.18. The molecule has 0 bridgehead atoms. The van der Waals surface area contributed by atoms with Crippen molar-refractivity contribution in [1.82, 2.24) is 20.4 Å². The van der Waals surface area contributed by atoms with E-state index < -0.39 is 6.04 Å². The Morgan fingerprint density at radius 1 is 1.14 bits per heavy atom. The highest BCUT2D eigenvalue weighted by Crippen LogP contribution is 2.40. The maximum absolute atomic E-state index is 10.4. The van der Waals surface area contributed by atoms with Crippen molar-refractivity contribution in [1.29, 1.82) is 0 Å².